The first-order chi connectivity index (χ1) is 10.1. The van der Waals surface area contributed by atoms with Gasteiger partial charge in [0.05, 0.1) is 0 Å². The first kappa shape index (κ1) is 14.1. The molecule has 1 aromatic heterocycles. The number of aromatic nitrogens is 1. The van der Waals surface area contributed by atoms with Crippen LogP contribution in [0.25, 0.3) is 10.9 Å². The number of benzene rings is 2. The third-order valence-corrected chi connectivity index (χ3v) is 4.06. The lowest BCUT2D eigenvalue weighted by molar-refractivity contribution is 1.09. The molecule has 0 aliphatic carbocycles. The summed E-state index contributed by atoms with van der Waals surface area (Å²) in [6.07, 6.45) is 0. The van der Waals surface area contributed by atoms with E-state index in [0.717, 1.165) is 27.7 Å². The Kier molecular flexibility index (Phi) is 3.96. The molecule has 106 valence electrons. The highest BCUT2D eigenvalue weighted by Gasteiger charge is 2.03. The van der Waals surface area contributed by atoms with Gasteiger partial charge in [-0.05, 0) is 70.8 Å². The zero-order valence-corrected chi connectivity index (χ0v) is 13.8. The second kappa shape index (κ2) is 5.89. The van der Waals surface area contributed by atoms with E-state index in [-0.39, 0.29) is 5.56 Å². The molecule has 2 aromatic carbocycles. The fourth-order valence-electron chi connectivity index (χ4n) is 2.29. The number of fused-ring (bicyclic) bond motifs is 1. The Morgan fingerprint density at radius 3 is 2.81 bits per heavy atom. The number of hydrogen-bond donors (Lipinski definition) is 2. The molecular formula is C17H15IN2O. The molecule has 0 bridgehead atoms. The van der Waals surface area contributed by atoms with E-state index in [2.05, 4.69) is 45.0 Å². The van der Waals surface area contributed by atoms with Gasteiger partial charge in [0, 0.05) is 26.9 Å². The fraction of sp³-hybridized carbons (Fsp3) is 0.118. The van der Waals surface area contributed by atoms with E-state index < -0.39 is 0 Å². The summed E-state index contributed by atoms with van der Waals surface area (Å²) in [7, 11) is 0. The molecule has 3 rings (SSSR count). The molecule has 0 amide bonds. The van der Waals surface area contributed by atoms with Gasteiger partial charge in [-0.25, -0.2) is 0 Å². The van der Waals surface area contributed by atoms with Crippen molar-refractivity contribution in [2.24, 2.45) is 0 Å². The monoisotopic (exact) mass is 390 g/mol. The van der Waals surface area contributed by atoms with Gasteiger partial charge in [-0.15, -0.1) is 0 Å². The normalized spacial score (nSPS) is 10.8. The molecule has 0 spiro atoms. The minimum Gasteiger partial charge on any atom is -0.381 e. The van der Waals surface area contributed by atoms with Crippen LogP contribution in [-0.4, -0.2) is 4.98 Å². The highest BCUT2D eigenvalue weighted by Crippen LogP contribution is 2.15. The summed E-state index contributed by atoms with van der Waals surface area (Å²) >= 11 is 2.27. The van der Waals surface area contributed by atoms with Crippen molar-refractivity contribution in [3.05, 3.63) is 73.6 Å². The predicted molar refractivity (Wildman–Crippen MR) is 95.8 cm³/mol. The number of aryl methyl sites for hydroxylation is 1. The Bertz CT molecular complexity index is 855. The van der Waals surface area contributed by atoms with Crippen molar-refractivity contribution in [1.82, 2.24) is 4.98 Å². The van der Waals surface area contributed by atoms with E-state index in [4.69, 9.17) is 0 Å². The average molecular weight is 390 g/mol. The van der Waals surface area contributed by atoms with Gasteiger partial charge >= 0.3 is 0 Å². The molecule has 0 radical (unpaired) electrons. The van der Waals surface area contributed by atoms with Crippen molar-refractivity contribution in [1.29, 1.82) is 0 Å². The smallest absolute Gasteiger partial charge is 0.253 e. The zero-order valence-electron chi connectivity index (χ0n) is 11.6. The first-order valence-electron chi connectivity index (χ1n) is 6.74. The summed E-state index contributed by atoms with van der Waals surface area (Å²) in [6, 6.07) is 16.1. The fourth-order valence-corrected chi connectivity index (χ4v) is 2.83. The lowest BCUT2D eigenvalue weighted by atomic mass is 10.1. The van der Waals surface area contributed by atoms with Gasteiger partial charge in [0.2, 0.25) is 0 Å². The number of hydrogen-bond acceptors (Lipinski definition) is 2. The minimum absolute atomic E-state index is 0.0359. The Labute approximate surface area is 136 Å². The molecule has 21 heavy (non-hydrogen) atoms. The molecule has 2 N–H and O–H groups in total. The Balaban J connectivity index is 1.88. The van der Waals surface area contributed by atoms with Gasteiger partial charge in [-0.1, -0.05) is 18.2 Å². The third-order valence-electron chi connectivity index (χ3n) is 3.39. The minimum atomic E-state index is -0.0359. The van der Waals surface area contributed by atoms with Crippen molar-refractivity contribution in [3.63, 3.8) is 0 Å². The van der Waals surface area contributed by atoms with E-state index in [1.807, 2.05) is 43.3 Å². The zero-order chi connectivity index (χ0) is 14.8. The van der Waals surface area contributed by atoms with Crippen molar-refractivity contribution in [2.75, 3.05) is 5.32 Å². The summed E-state index contributed by atoms with van der Waals surface area (Å²) in [5, 5.41) is 4.35. The van der Waals surface area contributed by atoms with Gasteiger partial charge in [-0.2, -0.15) is 0 Å². The van der Waals surface area contributed by atoms with E-state index in [9.17, 15) is 4.79 Å². The number of aromatic amines is 1. The average Bonchev–Trinajstić information content (AvgIpc) is 2.45. The number of pyridine rings is 1. The molecule has 0 fully saturated rings. The topological polar surface area (TPSA) is 44.9 Å². The molecule has 3 nitrogen and oxygen atoms in total. The molecule has 1 heterocycles. The van der Waals surface area contributed by atoms with Crippen LogP contribution in [0.2, 0.25) is 0 Å². The van der Waals surface area contributed by atoms with Gasteiger partial charge in [0.25, 0.3) is 5.56 Å². The van der Waals surface area contributed by atoms with Crippen molar-refractivity contribution < 1.29 is 0 Å². The van der Waals surface area contributed by atoms with Crippen LogP contribution in [0, 0.1) is 10.5 Å². The standard InChI is InChI=1S/C17H15IN2O/c1-11-5-6-12-8-13(17(21)20-16(12)7-11)10-19-15-4-2-3-14(18)9-15/h2-9,19H,10H2,1H3,(H,20,21). The molecule has 3 aromatic rings. The SMILES string of the molecule is Cc1ccc2cc(CNc3cccc(I)c3)c(=O)[nH]c2c1. The summed E-state index contributed by atoms with van der Waals surface area (Å²) in [5.41, 5.74) is 3.75. The van der Waals surface area contributed by atoms with Gasteiger partial charge in [-0.3, -0.25) is 4.79 Å². The van der Waals surface area contributed by atoms with Gasteiger partial charge < -0.3 is 10.3 Å². The Morgan fingerprint density at radius 2 is 2.00 bits per heavy atom. The number of halogens is 1. The second-order valence-electron chi connectivity index (χ2n) is 5.08. The maximum atomic E-state index is 12.1. The quantitative estimate of drug-likeness (QED) is 0.663. The van der Waals surface area contributed by atoms with E-state index in [1.54, 1.807) is 0 Å². The van der Waals surface area contributed by atoms with Crippen LogP contribution in [0.1, 0.15) is 11.1 Å². The number of anilines is 1. The lowest BCUT2D eigenvalue weighted by Gasteiger charge is -2.08. The molecule has 4 heteroatoms. The summed E-state index contributed by atoms with van der Waals surface area (Å²) in [6.45, 7) is 2.53. The highest BCUT2D eigenvalue weighted by atomic mass is 127. The van der Waals surface area contributed by atoms with Crippen molar-refractivity contribution in [2.45, 2.75) is 13.5 Å². The van der Waals surface area contributed by atoms with Crippen LogP contribution in [-0.2, 0) is 6.54 Å². The summed E-state index contributed by atoms with van der Waals surface area (Å²) < 4.78 is 1.17. The predicted octanol–water partition coefficient (Wildman–Crippen LogP) is 4.05. The number of nitrogens with one attached hydrogen (secondary N) is 2. The molecule has 0 aliphatic rings. The summed E-state index contributed by atoms with van der Waals surface area (Å²) in [4.78, 5) is 15.1. The molecule has 0 aliphatic heterocycles. The summed E-state index contributed by atoms with van der Waals surface area (Å²) in [5.74, 6) is 0. The van der Waals surface area contributed by atoms with Crippen molar-refractivity contribution in [3.8, 4) is 0 Å². The maximum absolute atomic E-state index is 12.1. The third kappa shape index (κ3) is 3.26. The maximum Gasteiger partial charge on any atom is 0.253 e. The first-order valence-corrected chi connectivity index (χ1v) is 7.82. The Hall–Kier alpha value is -1.82. The molecule has 0 unspecified atom stereocenters. The number of H-pyrrole nitrogens is 1. The highest BCUT2D eigenvalue weighted by molar-refractivity contribution is 14.1. The van der Waals surface area contributed by atoms with Crippen LogP contribution in [0.4, 0.5) is 5.69 Å². The van der Waals surface area contributed by atoms with Gasteiger partial charge in [0.15, 0.2) is 0 Å². The van der Waals surface area contributed by atoms with Gasteiger partial charge in [0.1, 0.15) is 0 Å². The number of rotatable bonds is 3. The van der Waals surface area contributed by atoms with Crippen LogP contribution >= 0.6 is 22.6 Å². The van der Waals surface area contributed by atoms with Crippen LogP contribution in [0.5, 0.6) is 0 Å². The van der Waals surface area contributed by atoms with E-state index in [1.165, 1.54) is 3.57 Å². The molecular weight excluding hydrogens is 375 g/mol. The largest absolute Gasteiger partial charge is 0.381 e. The molecule has 0 atom stereocenters. The molecule has 0 saturated heterocycles. The van der Waals surface area contributed by atoms with Crippen LogP contribution < -0.4 is 10.9 Å². The second-order valence-corrected chi connectivity index (χ2v) is 6.32. The van der Waals surface area contributed by atoms with Crippen molar-refractivity contribution >= 4 is 39.2 Å². The Morgan fingerprint density at radius 1 is 1.14 bits per heavy atom. The van der Waals surface area contributed by atoms with Crippen LogP contribution in [0.3, 0.4) is 0 Å². The molecule has 0 saturated carbocycles. The van der Waals surface area contributed by atoms with E-state index >= 15 is 0 Å². The van der Waals surface area contributed by atoms with E-state index in [0.29, 0.717) is 6.54 Å². The van der Waals surface area contributed by atoms with Crippen LogP contribution in [0.15, 0.2) is 53.3 Å². The lowest BCUT2D eigenvalue weighted by Crippen LogP contribution is -2.15.